The molecule has 120 valence electrons. The Labute approximate surface area is 125 Å². The lowest BCUT2D eigenvalue weighted by atomic mass is 10.1. The molecule has 9 nitrogen and oxygen atoms in total. The number of aliphatic hydroxyl groups is 2. The number of methoxy groups -OCH3 is 1. The Kier molecular flexibility index (Phi) is 5.12. The van der Waals surface area contributed by atoms with E-state index in [9.17, 15) is 19.8 Å². The van der Waals surface area contributed by atoms with Gasteiger partial charge in [-0.05, 0) is 0 Å². The average Bonchev–Trinajstić information content (AvgIpc) is 2.82. The lowest BCUT2D eigenvalue weighted by Crippen LogP contribution is -2.39. The molecule has 0 saturated carbocycles. The highest BCUT2D eigenvalue weighted by Crippen LogP contribution is 2.30. The SMILES string of the molecule is COC1[C@@H](O)[C@@H](CO)O[C@H]1n1cc(C#CCN)c(=O)[nH]c1=O. The lowest BCUT2D eigenvalue weighted by Gasteiger charge is -2.20. The van der Waals surface area contributed by atoms with Crippen LogP contribution in [0.25, 0.3) is 0 Å². The van der Waals surface area contributed by atoms with Gasteiger partial charge in [0.15, 0.2) is 6.23 Å². The molecule has 1 aliphatic heterocycles. The molecule has 1 aliphatic rings. The highest BCUT2D eigenvalue weighted by molar-refractivity contribution is 5.30. The predicted molar refractivity (Wildman–Crippen MR) is 75.1 cm³/mol. The molecule has 22 heavy (non-hydrogen) atoms. The molecule has 2 rings (SSSR count). The van der Waals surface area contributed by atoms with Gasteiger partial charge in [-0.15, -0.1) is 0 Å². The molecule has 9 heteroatoms. The van der Waals surface area contributed by atoms with Gasteiger partial charge in [-0.2, -0.15) is 0 Å². The van der Waals surface area contributed by atoms with E-state index < -0.39 is 42.4 Å². The summed E-state index contributed by atoms with van der Waals surface area (Å²) in [5.74, 6) is 5.06. The first-order valence-electron chi connectivity index (χ1n) is 6.55. The van der Waals surface area contributed by atoms with Crippen molar-refractivity contribution in [1.82, 2.24) is 9.55 Å². The van der Waals surface area contributed by atoms with E-state index in [4.69, 9.17) is 15.2 Å². The Morgan fingerprint density at radius 2 is 2.27 bits per heavy atom. The van der Waals surface area contributed by atoms with E-state index in [0.29, 0.717) is 0 Å². The minimum absolute atomic E-state index is 0.0328. The molecule has 0 amide bonds. The van der Waals surface area contributed by atoms with Crippen LogP contribution in [0, 0.1) is 11.8 Å². The summed E-state index contributed by atoms with van der Waals surface area (Å²) in [6.45, 7) is -0.375. The molecule has 0 bridgehead atoms. The number of nitrogens with two attached hydrogens (primary N) is 1. The Morgan fingerprint density at radius 1 is 1.55 bits per heavy atom. The third-order valence-electron chi connectivity index (χ3n) is 3.33. The minimum Gasteiger partial charge on any atom is -0.394 e. The van der Waals surface area contributed by atoms with Gasteiger partial charge in [-0.3, -0.25) is 14.3 Å². The molecule has 2 heterocycles. The lowest BCUT2D eigenvalue weighted by molar-refractivity contribution is -0.0625. The Balaban J connectivity index is 2.47. The smallest absolute Gasteiger partial charge is 0.330 e. The number of aromatic amines is 1. The summed E-state index contributed by atoms with van der Waals surface area (Å²) in [4.78, 5) is 25.8. The molecule has 1 saturated heterocycles. The Bertz CT molecular complexity index is 700. The van der Waals surface area contributed by atoms with Crippen molar-refractivity contribution in [1.29, 1.82) is 0 Å². The first-order chi connectivity index (χ1) is 10.5. The van der Waals surface area contributed by atoms with Crippen molar-refractivity contribution in [3.8, 4) is 11.8 Å². The number of ether oxygens (including phenoxy) is 2. The summed E-state index contributed by atoms with van der Waals surface area (Å²) in [6.07, 6.45) is -2.67. The maximum absolute atomic E-state index is 12.0. The van der Waals surface area contributed by atoms with Gasteiger partial charge >= 0.3 is 5.69 Å². The fraction of sp³-hybridized carbons (Fsp3) is 0.538. The Hall–Kier alpha value is -1.96. The van der Waals surface area contributed by atoms with Crippen LogP contribution in [0.2, 0.25) is 0 Å². The van der Waals surface area contributed by atoms with Crippen molar-refractivity contribution in [2.75, 3.05) is 20.3 Å². The van der Waals surface area contributed by atoms with Crippen molar-refractivity contribution in [2.24, 2.45) is 5.73 Å². The highest BCUT2D eigenvalue weighted by Gasteiger charge is 2.45. The maximum Gasteiger partial charge on any atom is 0.330 e. The Morgan fingerprint density at radius 3 is 2.86 bits per heavy atom. The number of H-pyrrole nitrogens is 1. The van der Waals surface area contributed by atoms with Crippen LogP contribution in [-0.4, -0.2) is 58.3 Å². The van der Waals surface area contributed by atoms with Crippen LogP contribution in [0.4, 0.5) is 0 Å². The fourth-order valence-corrected chi connectivity index (χ4v) is 2.26. The van der Waals surface area contributed by atoms with Gasteiger partial charge in [-0.25, -0.2) is 4.79 Å². The van der Waals surface area contributed by atoms with E-state index in [0.717, 1.165) is 4.57 Å². The van der Waals surface area contributed by atoms with Crippen LogP contribution in [0.15, 0.2) is 15.8 Å². The summed E-state index contributed by atoms with van der Waals surface area (Å²) in [6, 6.07) is 0. The number of hydrogen-bond acceptors (Lipinski definition) is 7. The molecule has 5 N–H and O–H groups in total. The predicted octanol–water partition coefficient (Wildman–Crippen LogP) is -2.89. The maximum atomic E-state index is 12.0. The molecule has 0 spiro atoms. The minimum atomic E-state index is -1.11. The van der Waals surface area contributed by atoms with Gasteiger partial charge < -0.3 is 25.4 Å². The molecule has 1 fully saturated rings. The molecule has 0 radical (unpaired) electrons. The standard InChI is InChI=1S/C13H17N3O6/c1-21-10-9(18)8(6-17)22-12(10)16-5-7(3-2-4-14)11(19)15-13(16)20/h5,8-10,12,17-18H,4,6,14H2,1H3,(H,15,19,20)/t8-,9+,10?,12-/m1/s1. The van der Waals surface area contributed by atoms with Crippen molar-refractivity contribution in [2.45, 2.75) is 24.5 Å². The first-order valence-corrected chi connectivity index (χ1v) is 6.55. The van der Waals surface area contributed by atoms with Crippen LogP contribution >= 0.6 is 0 Å². The van der Waals surface area contributed by atoms with Gasteiger partial charge in [0.2, 0.25) is 0 Å². The van der Waals surface area contributed by atoms with Crippen molar-refractivity contribution < 1.29 is 19.7 Å². The topological polar surface area (TPSA) is 140 Å². The zero-order valence-electron chi connectivity index (χ0n) is 11.9. The number of nitrogens with zero attached hydrogens (tertiary/aromatic N) is 1. The molecule has 4 atom stereocenters. The van der Waals surface area contributed by atoms with Crippen LogP contribution in [0.1, 0.15) is 11.8 Å². The number of aromatic nitrogens is 2. The molecule has 1 unspecified atom stereocenters. The second-order valence-electron chi connectivity index (χ2n) is 4.65. The van der Waals surface area contributed by atoms with E-state index in [2.05, 4.69) is 16.8 Å². The summed E-state index contributed by atoms with van der Waals surface area (Å²) < 4.78 is 11.6. The second kappa shape index (κ2) is 6.87. The van der Waals surface area contributed by atoms with Gasteiger partial charge in [0.1, 0.15) is 23.9 Å². The van der Waals surface area contributed by atoms with Gasteiger partial charge in [0.05, 0.1) is 13.2 Å². The van der Waals surface area contributed by atoms with Crippen molar-refractivity contribution in [3.05, 3.63) is 32.6 Å². The van der Waals surface area contributed by atoms with Gasteiger partial charge in [0.25, 0.3) is 5.56 Å². The van der Waals surface area contributed by atoms with Crippen LogP contribution in [0.3, 0.4) is 0 Å². The summed E-state index contributed by atoms with van der Waals surface area (Å²) >= 11 is 0. The molecule has 1 aromatic rings. The zero-order chi connectivity index (χ0) is 16.3. The fourth-order valence-electron chi connectivity index (χ4n) is 2.26. The third-order valence-corrected chi connectivity index (χ3v) is 3.33. The summed E-state index contributed by atoms with van der Waals surface area (Å²) in [5.41, 5.74) is 3.91. The van der Waals surface area contributed by atoms with Crippen LogP contribution in [0.5, 0.6) is 0 Å². The average molecular weight is 311 g/mol. The quantitative estimate of drug-likeness (QED) is 0.439. The highest BCUT2D eigenvalue weighted by atomic mass is 16.6. The van der Waals surface area contributed by atoms with E-state index >= 15 is 0 Å². The largest absolute Gasteiger partial charge is 0.394 e. The first kappa shape index (κ1) is 16.4. The monoisotopic (exact) mass is 311 g/mol. The van der Waals surface area contributed by atoms with E-state index in [1.54, 1.807) is 0 Å². The zero-order valence-corrected chi connectivity index (χ0v) is 11.9. The normalized spacial score (nSPS) is 27.5. The van der Waals surface area contributed by atoms with E-state index in [1.807, 2.05) is 0 Å². The summed E-state index contributed by atoms with van der Waals surface area (Å²) in [5, 5.41) is 19.2. The second-order valence-corrected chi connectivity index (χ2v) is 4.65. The molecule has 0 aliphatic carbocycles. The molecule has 1 aromatic heterocycles. The van der Waals surface area contributed by atoms with Crippen molar-refractivity contribution in [3.63, 3.8) is 0 Å². The van der Waals surface area contributed by atoms with Crippen LogP contribution < -0.4 is 17.0 Å². The van der Waals surface area contributed by atoms with Gasteiger partial charge in [-0.1, -0.05) is 11.8 Å². The van der Waals surface area contributed by atoms with Crippen molar-refractivity contribution >= 4 is 0 Å². The number of hydrogen-bond donors (Lipinski definition) is 4. The molecule has 0 aromatic carbocycles. The number of aliphatic hydroxyl groups excluding tert-OH is 2. The number of rotatable bonds is 3. The van der Waals surface area contributed by atoms with Crippen LogP contribution in [-0.2, 0) is 9.47 Å². The number of nitrogens with one attached hydrogen (secondary N) is 1. The molecular formula is C13H17N3O6. The van der Waals surface area contributed by atoms with Gasteiger partial charge in [0, 0.05) is 13.3 Å². The van der Waals surface area contributed by atoms with E-state index in [1.165, 1.54) is 13.3 Å². The molecular weight excluding hydrogens is 294 g/mol. The summed E-state index contributed by atoms with van der Waals surface area (Å²) in [7, 11) is 1.34. The van der Waals surface area contributed by atoms with E-state index in [-0.39, 0.29) is 12.1 Å². The third kappa shape index (κ3) is 2.96.